The minimum absolute atomic E-state index is 0.468. The van der Waals surface area contributed by atoms with Crippen molar-refractivity contribution in [3.05, 3.63) is 17.3 Å². The minimum atomic E-state index is 0.468. The average Bonchev–Trinajstić information content (AvgIpc) is 2.90. The third-order valence-corrected chi connectivity index (χ3v) is 4.72. The topological polar surface area (TPSA) is 65.7 Å². The molecule has 1 aromatic heterocycles. The lowest BCUT2D eigenvalue weighted by molar-refractivity contribution is 0.181. The molecule has 1 saturated heterocycles. The van der Waals surface area contributed by atoms with Gasteiger partial charge in [0, 0.05) is 19.6 Å². The van der Waals surface area contributed by atoms with Crippen LogP contribution < -0.4 is 10.6 Å². The zero-order valence-corrected chi connectivity index (χ0v) is 16.4. The number of aryl methyl sites for hydroxylation is 2. The Morgan fingerprint density at radius 3 is 2.84 bits per heavy atom. The Morgan fingerprint density at radius 1 is 1.32 bits per heavy atom. The van der Waals surface area contributed by atoms with Gasteiger partial charge in [-0.05, 0) is 65.5 Å². The molecule has 2 N–H and O–H groups in total. The van der Waals surface area contributed by atoms with E-state index < -0.39 is 0 Å². The van der Waals surface area contributed by atoms with Gasteiger partial charge in [0.05, 0.1) is 5.69 Å². The van der Waals surface area contributed by atoms with Crippen LogP contribution in [0.4, 0.5) is 0 Å². The van der Waals surface area contributed by atoms with Crippen molar-refractivity contribution in [2.75, 3.05) is 32.7 Å². The van der Waals surface area contributed by atoms with Crippen LogP contribution in [0.5, 0.6) is 0 Å². The molecule has 0 spiro atoms. The lowest BCUT2D eigenvalue weighted by Gasteiger charge is -2.30. The first-order chi connectivity index (χ1) is 12.1. The maximum Gasteiger partial charge on any atom is 0.216 e. The first-order valence-corrected chi connectivity index (χ1v) is 9.76. The Bertz CT molecular complexity index is 520. The fourth-order valence-corrected chi connectivity index (χ4v) is 3.25. The van der Waals surface area contributed by atoms with Crippen molar-refractivity contribution in [2.24, 2.45) is 10.9 Å². The highest BCUT2D eigenvalue weighted by Gasteiger charge is 2.15. The van der Waals surface area contributed by atoms with Crippen LogP contribution in [0.1, 0.15) is 56.9 Å². The molecule has 1 aromatic rings. The molecule has 0 amide bonds. The Balaban J connectivity index is 1.67. The summed E-state index contributed by atoms with van der Waals surface area (Å²) in [6.45, 7) is 14.4. The highest BCUT2D eigenvalue weighted by Crippen LogP contribution is 2.15. The summed E-state index contributed by atoms with van der Waals surface area (Å²) in [5.74, 6) is 3.24. The molecule has 1 aliphatic heterocycles. The molecular formula is C19H35N5O. The van der Waals surface area contributed by atoms with E-state index in [0.29, 0.717) is 12.4 Å². The number of nitrogens with one attached hydrogen (secondary N) is 2. The zero-order valence-electron chi connectivity index (χ0n) is 16.4. The normalized spacial score (nSPS) is 19.2. The summed E-state index contributed by atoms with van der Waals surface area (Å²) < 4.78 is 5.58. The number of piperidine rings is 1. The maximum atomic E-state index is 5.58. The van der Waals surface area contributed by atoms with Crippen LogP contribution in [-0.2, 0) is 6.54 Å². The number of nitrogens with zero attached hydrogens (tertiary/aromatic N) is 3. The largest absolute Gasteiger partial charge is 0.444 e. The van der Waals surface area contributed by atoms with E-state index in [2.05, 4.69) is 39.4 Å². The first kappa shape index (κ1) is 19.8. The van der Waals surface area contributed by atoms with Gasteiger partial charge in [-0.3, -0.25) is 0 Å². The molecule has 0 radical (unpaired) electrons. The van der Waals surface area contributed by atoms with Crippen LogP contribution in [0.3, 0.4) is 0 Å². The van der Waals surface area contributed by atoms with Crippen LogP contribution in [0, 0.1) is 19.8 Å². The molecule has 0 aliphatic carbocycles. The molecular weight excluding hydrogens is 314 g/mol. The van der Waals surface area contributed by atoms with Crippen molar-refractivity contribution in [1.82, 2.24) is 20.5 Å². The van der Waals surface area contributed by atoms with Crippen LogP contribution in [0.2, 0.25) is 0 Å². The molecule has 6 heteroatoms. The molecule has 2 rings (SSSR count). The van der Waals surface area contributed by atoms with E-state index >= 15 is 0 Å². The van der Waals surface area contributed by atoms with Crippen molar-refractivity contribution in [1.29, 1.82) is 0 Å². The molecule has 1 unspecified atom stereocenters. The van der Waals surface area contributed by atoms with E-state index in [1.807, 2.05) is 13.8 Å². The van der Waals surface area contributed by atoms with Gasteiger partial charge in [-0.2, -0.15) is 0 Å². The van der Waals surface area contributed by atoms with Gasteiger partial charge in [0.2, 0.25) is 5.89 Å². The minimum Gasteiger partial charge on any atom is -0.444 e. The lowest BCUT2D eigenvalue weighted by atomic mass is 10.0. The molecule has 1 atom stereocenters. The second-order valence-electron chi connectivity index (χ2n) is 7.13. The third-order valence-electron chi connectivity index (χ3n) is 4.72. The number of aromatic nitrogens is 1. The maximum absolute atomic E-state index is 5.58. The van der Waals surface area contributed by atoms with Gasteiger partial charge in [0.25, 0.3) is 0 Å². The van der Waals surface area contributed by atoms with E-state index in [1.165, 1.54) is 38.9 Å². The summed E-state index contributed by atoms with van der Waals surface area (Å²) in [6.07, 6.45) is 5.14. The van der Waals surface area contributed by atoms with E-state index in [-0.39, 0.29) is 0 Å². The molecule has 0 saturated carbocycles. The molecule has 25 heavy (non-hydrogen) atoms. The average molecular weight is 350 g/mol. The number of likely N-dealkylation sites (tertiary alicyclic amines) is 1. The van der Waals surface area contributed by atoms with Gasteiger partial charge >= 0.3 is 0 Å². The molecule has 1 fully saturated rings. The number of guanidine groups is 1. The van der Waals surface area contributed by atoms with Crippen LogP contribution in [0.25, 0.3) is 0 Å². The second-order valence-corrected chi connectivity index (χ2v) is 7.13. The third kappa shape index (κ3) is 7.06. The second kappa shape index (κ2) is 10.4. The molecule has 2 heterocycles. The fourth-order valence-electron chi connectivity index (χ4n) is 3.25. The monoisotopic (exact) mass is 349 g/mol. The number of hydrogen-bond acceptors (Lipinski definition) is 4. The summed E-state index contributed by atoms with van der Waals surface area (Å²) in [4.78, 5) is 11.6. The summed E-state index contributed by atoms with van der Waals surface area (Å²) in [7, 11) is 0. The van der Waals surface area contributed by atoms with Crippen LogP contribution in [-0.4, -0.2) is 48.6 Å². The summed E-state index contributed by atoms with van der Waals surface area (Å²) in [5, 5.41) is 6.69. The van der Waals surface area contributed by atoms with E-state index in [4.69, 9.17) is 4.42 Å². The number of hydrogen-bond donors (Lipinski definition) is 2. The number of aliphatic imine (C=N–C) groups is 1. The van der Waals surface area contributed by atoms with Crippen molar-refractivity contribution < 1.29 is 4.42 Å². The van der Waals surface area contributed by atoms with E-state index in [0.717, 1.165) is 42.8 Å². The Morgan fingerprint density at radius 2 is 2.16 bits per heavy atom. The predicted molar refractivity (Wildman–Crippen MR) is 103 cm³/mol. The predicted octanol–water partition coefficient (Wildman–Crippen LogP) is 2.86. The highest BCUT2D eigenvalue weighted by atomic mass is 16.4. The van der Waals surface area contributed by atoms with Gasteiger partial charge < -0.3 is 20.0 Å². The smallest absolute Gasteiger partial charge is 0.216 e. The molecule has 0 bridgehead atoms. The van der Waals surface area contributed by atoms with Gasteiger partial charge in [0.15, 0.2) is 5.96 Å². The van der Waals surface area contributed by atoms with Crippen molar-refractivity contribution in [3.63, 3.8) is 0 Å². The van der Waals surface area contributed by atoms with Crippen molar-refractivity contribution in [2.45, 2.75) is 59.9 Å². The van der Waals surface area contributed by atoms with Gasteiger partial charge in [-0.25, -0.2) is 9.98 Å². The van der Waals surface area contributed by atoms with Crippen LogP contribution >= 0.6 is 0 Å². The number of oxazole rings is 1. The van der Waals surface area contributed by atoms with Gasteiger partial charge in [-0.15, -0.1) is 0 Å². The number of rotatable bonds is 8. The first-order valence-electron chi connectivity index (χ1n) is 9.76. The van der Waals surface area contributed by atoms with E-state index in [1.54, 1.807) is 0 Å². The van der Waals surface area contributed by atoms with Gasteiger partial charge in [0.1, 0.15) is 12.3 Å². The molecule has 0 aromatic carbocycles. The van der Waals surface area contributed by atoms with Crippen molar-refractivity contribution >= 4 is 5.96 Å². The lowest BCUT2D eigenvalue weighted by Crippen LogP contribution is -2.38. The molecule has 6 nitrogen and oxygen atoms in total. The highest BCUT2D eigenvalue weighted by molar-refractivity contribution is 5.79. The Labute approximate surface area is 152 Å². The molecule has 142 valence electrons. The zero-order chi connectivity index (χ0) is 18.1. The fraction of sp³-hybridized carbons (Fsp3) is 0.789. The number of unbranched alkanes of at least 4 members (excludes halogenated alkanes) is 1. The Hall–Kier alpha value is -1.56. The quantitative estimate of drug-likeness (QED) is 0.429. The van der Waals surface area contributed by atoms with Gasteiger partial charge in [-0.1, -0.05) is 6.92 Å². The summed E-state index contributed by atoms with van der Waals surface area (Å²) in [6, 6.07) is 0. The SMILES string of the molecule is CCNC(=NCc1nc(C)c(C)o1)NCCCCN1CCCC(C)C1. The molecule has 1 aliphatic rings. The van der Waals surface area contributed by atoms with E-state index in [9.17, 15) is 0 Å². The summed E-state index contributed by atoms with van der Waals surface area (Å²) in [5.41, 5.74) is 0.940. The van der Waals surface area contributed by atoms with Crippen molar-refractivity contribution in [3.8, 4) is 0 Å². The summed E-state index contributed by atoms with van der Waals surface area (Å²) >= 11 is 0. The Kier molecular flexibility index (Phi) is 8.25. The standard InChI is InChI=1S/C19H35N5O/c1-5-20-19(22-13-18-23-16(3)17(4)25-18)21-10-6-7-11-24-12-8-9-15(2)14-24/h15H,5-14H2,1-4H3,(H2,20,21,22). The van der Waals surface area contributed by atoms with Crippen LogP contribution in [0.15, 0.2) is 9.41 Å².